The number of nitrogens with one attached hydrogen (secondary N) is 1. The second kappa shape index (κ2) is 11.1. The standard InChI is InChI=1S/C29H30N4O3S/c34-29(33-21-19-32(20-22-33)18-6-9-23-7-2-1-3-8-23)25-13-15-26(16-14-25)31-37(35,36)27-12-4-10-24-11-5-17-30-28(24)27/h1-5,7-8,10-17,31H,6,9,18-22H2. The van der Waals surface area contributed by atoms with Crippen LogP contribution in [-0.2, 0) is 16.4 Å². The maximum Gasteiger partial charge on any atom is 0.264 e. The number of aromatic nitrogens is 1. The van der Waals surface area contributed by atoms with Crippen molar-refractivity contribution in [1.29, 1.82) is 0 Å². The van der Waals surface area contributed by atoms with Crippen LogP contribution < -0.4 is 4.72 Å². The number of carbonyl (C=O) groups excluding carboxylic acids is 1. The van der Waals surface area contributed by atoms with Crippen LogP contribution in [0.2, 0.25) is 0 Å². The Labute approximate surface area is 217 Å². The Morgan fingerprint density at radius 2 is 1.57 bits per heavy atom. The minimum Gasteiger partial charge on any atom is -0.336 e. The van der Waals surface area contributed by atoms with E-state index in [1.807, 2.05) is 23.1 Å². The molecule has 3 aromatic carbocycles. The molecule has 0 aliphatic carbocycles. The van der Waals surface area contributed by atoms with Crippen LogP contribution in [0.3, 0.4) is 0 Å². The number of fused-ring (bicyclic) bond motifs is 1. The quantitative estimate of drug-likeness (QED) is 0.376. The van der Waals surface area contributed by atoms with Gasteiger partial charge in [0.25, 0.3) is 15.9 Å². The van der Waals surface area contributed by atoms with Gasteiger partial charge in [0, 0.05) is 49.0 Å². The summed E-state index contributed by atoms with van der Waals surface area (Å²) in [6, 6.07) is 25.8. The average Bonchev–Trinajstić information content (AvgIpc) is 2.93. The van der Waals surface area contributed by atoms with Gasteiger partial charge in [0.05, 0.1) is 5.52 Å². The minimum absolute atomic E-state index is 0.0309. The van der Waals surface area contributed by atoms with E-state index in [-0.39, 0.29) is 10.8 Å². The first-order valence-electron chi connectivity index (χ1n) is 12.5. The Bertz CT molecular complexity index is 1460. The molecule has 1 N–H and O–H groups in total. The van der Waals surface area contributed by atoms with Gasteiger partial charge >= 0.3 is 0 Å². The molecule has 37 heavy (non-hydrogen) atoms. The number of hydrogen-bond acceptors (Lipinski definition) is 5. The van der Waals surface area contributed by atoms with Gasteiger partial charge < -0.3 is 4.90 Å². The molecule has 5 rings (SSSR count). The lowest BCUT2D eigenvalue weighted by atomic mass is 10.1. The van der Waals surface area contributed by atoms with E-state index in [1.54, 1.807) is 42.6 Å². The summed E-state index contributed by atoms with van der Waals surface area (Å²) in [6.45, 7) is 4.12. The van der Waals surface area contributed by atoms with E-state index >= 15 is 0 Å². The fraction of sp³-hybridized carbons (Fsp3) is 0.241. The predicted molar refractivity (Wildman–Crippen MR) is 146 cm³/mol. The molecule has 1 aromatic heterocycles. The fourth-order valence-electron chi connectivity index (χ4n) is 4.69. The zero-order valence-electron chi connectivity index (χ0n) is 20.6. The van der Waals surface area contributed by atoms with E-state index in [0.29, 0.717) is 29.9 Å². The summed E-state index contributed by atoms with van der Waals surface area (Å²) in [6.07, 6.45) is 3.74. The lowest BCUT2D eigenvalue weighted by Gasteiger charge is -2.34. The molecule has 7 nitrogen and oxygen atoms in total. The van der Waals surface area contributed by atoms with Crippen LogP contribution >= 0.6 is 0 Å². The Morgan fingerprint density at radius 1 is 0.838 bits per heavy atom. The molecule has 1 fully saturated rings. The summed E-state index contributed by atoms with van der Waals surface area (Å²) in [5.74, 6) is -0.0309. The molecule has 8 heteroatoms. The number of carbonyl (C=O) groups is 1. The van der Waals surface area contributed by atoms with Gasteiger partial charge in [0.2, 0.25) is 0 Å². The molecule has 0 spiro atoms. The number of para-hydroxylation sites is 1. The number of aryl methyl sites for hydroxylation is 1. The molecule has 190 valence electrons. The van der Waals surface area contributed by atoms with Gasteiger partial charge in [-0.15, -0.1) is 0 Å². The molecule has 2 heterocycles. The summed E-state index contributed by atoms with van der Waals surface area (Å²) in [7, 11) is -3.84. The van der Waals surface area contributed by atoms with Crippen molar-refractivity contribution in [2.75, 3.05) is 37.4 Å². The van der Waals surface area contributed by atoms with Gasteiger partial charge in [-0.25, -0.2) is 8.42 Å². The summed E-state index contributed by atoms with van der Waals surface area (Å²) < 4.78 is 28.7. The topological polar surface area (TPSA) is 82.6 Å². The summed E-state index contributed by atoms with van der Waals surface area (Å²) >= 11 is 0. The molecule has 1 aliphatic rings. The van der Waals surface area contributed by atoms with Crippen molar-refractivity contribution < 1.29 is 13.2 Å². The van der Waals surface area contributed by atoms with Gasteiger partial charge in [-0.2, -0.15) is 0 Å². The first-order chi connectivity index (χ1) is 18.0. The number of hydrogen-bond donors (Lipinski definition) is 1. The van der Waals surface area contributed by atoms with E-state index in [1.165, 1.54) is 11.6 Å². The Morgan fingerprint density at radius 3 is 2.32 bits per heavy atom. The predicted octanol–water partition coefficient (Wildman–Crippen LogP) is 4.43. The highest BCUT2D eigenvalue weighted by Crippen LogP contribution is 2.23. The normalized spacial score (nSPS) is 14.5. The van der Waals surface area contributed by atoms with Crippen molar-refractivity contribution in [3.05, 3.63) is 102 Å². The third-order valence-corrected chi connectivity index (χ3v) is 8.12. The van der Waals surface area contributed by atoms with E-state index < -0.39 is 10.0 Å². The van der Waals surface area contributed by atoms with Crippen molar-refractivity contribution in [2.24, 2.45) is 0 Å². The number of sulfonamides is 1. The molecular formula is C29H30N4O3S. The van der Waals surface area contributed by atoms with Crippen molar-refractivity contribution in [3.8, 4) is 0 Å². The molecule has 4 aromatic rings. The van der Waals surface area contributed by atoms with Gasteiger partial charge in [0.15, 0.2) is 0 Å². The molecule has 0 saturated carbocycles. The monoisotopic (exact) mass is 514 g/mol. The Kier molecular flexibility index (Phi) is 7.48. The first-order valence-corrected chi connectivity index (χ1v) is 14.0. The molecule has 1 saturated heterocycles. The number of amides is 1. The first kappa shape index (κ1) is 24.9. The third kappa shape index (κ3) is 5.98. The molecule has 0 unspecified atom stereocenters. The molecule has 0 atom stereocenters. The van der Waals surface area contributed by atoms with Gasteiger partial charge in [-0.3, -0.25) is 19.4 Å². The Balaban J connectivity index is 1.15. The van der Waals surface area contributed by atoms with E-state index in [9.17, 15) is 13.2 Å². The summed E-state index contributed by atoms with van der Waals surface area (Å²) in [4.78, 5) is 21.7. The highest BCUT2D eigenvalue weighted by molar-refractivity contribution is 7.93. The van der Waals surface area contributed by atoms with Crippen LogP contribution in [0.4, 0.5) is 5.69 Å². The van der Waals surface area contributed by atoms with E-state index in [4.69, 9.17) is 0 Å². The maximum atomic E-state index is 13.0. The van der Waals surface area contributed by atoms with E-state index in [2.05, 4.69) is 38.9 Å². The van der Waals surface area contributed by atoms with Crippen LogP contribution in [0, 0.1) is 0 Å². The number of pyridine rings is 1. The van der Waals surface area contributed by atoms with Crippen molar-refractivity contribution in [1.82, 2.24) is 14.8 Å². The number of rotatable bonds is 8. The van der Waals surface area contributed by atoms with Crippen molar-refractivity contribution in [3.63, 3.8) is 0 Å². The van der Waals surface area contributed by atoms with Gasteiger partial charge in [-0.05, 0) is 61.3 Å². The van der Waals surface area contributed by atoms with Crippen molar-refractivity contribution in [2.45, 2.75) is 17.7 Å². The number of nitrogens with zero attached hydrogens (tertiary/aromatic N) is 3. The maximum absolute atomic E-state index is 13.0. The zero-order chi connectivity index (χ0) is 25.7. The SMILES string of the molecule is O=C(c1ccc(NS(=O)(=O)c2cccc3cccnc23)cc1)N1CCN(CCCc2ccccc2)CC1. The van der Waals surface area contributed by atoms with Crippen LogP contribution in [0.15, 0.2) is 96.0 Å². The zero-order valence-corrected chi connectivity index (χ0v) is 21.4. The Hall–Kier alpha value is -3.75. The molecule has 0 bridgehead atoms. The number of piperazine rings is 1. The minimum atomic E-state index is -3.84. The van der Waals surface area contributed by atoms with Crippen LogP contribution in [0.25, 0.3) is 10.9 Å². The summed E-state index contributed by atoms with van der Waals surface area (Å²) in [5.41, 5.74) is 2.72. The average molecular weight is 515 g/mol. The molecule has 1 aliphatic heterocycles. The van der Waals surface area contributed by atoms with E-state index in [0.717, 1.165) is 37.9 Å². The second-order valence-corrected chi connectivity index (χ2v) is 10.9. The third-order valence-electron chi connectivity index (χ3n) is 6.71. The lowest BCUT2D eigenvalue weighted by Crippen LogP contribution is -2.48. The highest BCUT2D eigenvalue weighted by Gasteiger charge is 2.23. The summed E-state index contributed by atoms with van der Waals surface area (Å²) in [5, 5.41) is 0.752. The van der Waals surface area contributed by atoms with Crippen molar-refractivity contribution >= 4 is 32.5 Å². The second-order valence-electron chi connectivity index (χ2n) is 9.24. The van der Waals surface area contributed by atoms with Gasteiger partial charge in [-0.1, -0.05) is 48.5 Å². The fourth-order valence-corrected chi connectivity index (χ4v) is 5.93. The lowest BCUT2D eigenvalue weighted by molar-refractivity contribution is 0.0636. The molecule has 0 radical (unpaired) electrons. The molecule has 1 amide bonds. The highest BCUT2D eigenvalue weighted by atomic mass is 32.2. The van der Waals surface area contributed by atoms with Crippen LogP contribution in [-0.4, -0.2) is 61.8 Å². The smallest absolute Gasteiger partial charge is 0.264 e. The largest absolute Gasteiger partial charge is 0.336 e. The number of benzene rings is 3. The number of anilines is 1. The van der Waals surface area contributed by atoms with Crippen LogP contribution in [0.5, 0.6) is 0 Å². The van der Waals surface area contributed by atoms with Crippen LogP contribution in [0.1, 0.15) is 22.3 Å². The van der Waals surface area contributed by atoms with Gasteiger partial charge in [0.1, 0.15) is 4.90 Å². The molecular weight excluding hydrogens is 484 g/mol.